The van der Waals surface area contributed by atoms with Crippen LogP contribution < -0.4 is 0 Å². The molecule has 4 rings (SSSR count). The molecule has 0 atom stereocenters. The molecule has 0 aliphatic carbocycles. The van der Waals surface area contributed by atoms with Crippen LogP contribution in [-0.2, 0) is 17.8 Å². The van der Waals surface area contributed by atoms with Crippen LogP contribution in [0.1, 0.15) is 24.2 Å². The van der Waals surface area contributed by atoms with Crippen LogP contribution >= 0.6 is 0 Å². The standard InChI is InChI=1S/C22H26FN5O/c1-26-12-14-27(15-13-26)21(29)6-2-5-20-25-19-4-3-11-24-22(19)28(20)16-17-7-9-18(23)10-8-17/h3-4,7-11H,2,5-6,12-16H2,1H3. The largest absolute Gasteiger partial charge is 0.340 e. The van der Waals surface area contributed by atoms with Crippen molar-refractivity contribution in [3.8, 4) is 0 Å². The number of imidazole rings is 1. The smallest absolute Gasteiger partial charge is 0.222 e. The van der Waals surface area contributed by atoms with Crippen molar-refractivity contribution in [2.75, 3.05) is 33.2 Å². The molecule has 3 aromatic rings. The maximum atomic E-state index is 13.2. The number of nitrogens with zero attached hydrogens (tertiary/aromatic N) is 5. The summed E-state index contributed by atoms with van der Waals surface area (Å²) in [5.74, 6) is 0.886. The zero-order valence-electron chi connectivity index (χ0n) is 16.7. The Hall–Kier alpha value is -2.80. The SMILES string of the molecule is CN1CCN(C(=O)CCCc2nc3cccnc3n2Cc2ccc(F)cc2)CC1. The maximum Gasteiger partial charge on any atom is 0.222 e. The molecule has 0 spiro atoms. The first kappa shape index (κ1) is 19.5. The molecule has 6 nitrogen and oxygen atoms in total. The van der Waals surface area contributed by atoms with Gasteiger partial charge in [-0.05, 0) is 43.3 Å². The minimum absolute atomic E-state index is 0.220. The monoisotopic (exact) mass is 395 g/mol. The molecule has 1 aromatic carbocycles. The van der Waals surface area contributed by atoms with E-state index in [1.807, 2.05) is 17.0 Å². The van der Waals surface area contributed by atoms with Crippen LogP contribution in [0, 0.1) is 5.82 Å². The Kier molecular flexibility index (Phi) is 5.85. The van der Waals surface area contributed by atoms with E-state index in [0.717, 1.165) is 55.2 Å². The van der Waals surface area contributed by atoms with Gasteiger partial charge in [0.05, 0.1) is 6.54 Å². The van der Waals surface area contributed by atoms with Crippen molar-refractivity contribution in [2.45, 2.75) is 25.8 Å². The number of amides is 1. The number of benzene rings is 1. The predicted molar refractivity (Wildman–Crippen MR) is 110 cm³/mol. The number of pyridine rings is 1. The highest BCUT2D eigenvalue weighted by Gasteiger charge is 2.19. The molecule has 1 aliphatic heterocycles. The van der Waals surface area contributed by atoms with Crippen molar-refractivity contribution in [3.05, 3.63) is 59.8 Å². The Balaban J connectivity index is 1.45. The first-order chi connectivity index (χ1) is 14.1. The fourth-order valence-electron chi connectivity index (χ4n) is 3.75. The summed E-state index contributed by atoms with van der Waals surface area (Å²) in [5.41, 5.74) is 2.65. The molecule has 7 heteroatoms. The van der Waals surface area contributed by atoms with Crippen LogP contribution in [0.2, 0.25) is 0 Å². The minimum atomic E-state index is -0.245. The van der Waals surface area contributed by atoms with Gasteiger partial charge in [-0.1, -0.05) is 12.1 Å². The minimum Gasteiger partial charge on any atom is -0.340 e. The molecule has 0 saturated carbocycles. The summed E-state index contributed by atoms with van der Waals surface area (Å²) in [7, 11) is 2.08. The van der Waals surface area contributed by atoms with Crippen molar-refractivity contribution in [1.82, 2.24) is 24.3 Å². The van der Waals surface area contributed by atoms with E-state index in [0.29, 0.717) is 19.4 Å². The molecule has 1 saturated heterocycles. The van der Waals surface area contributed by atoms with Gasteiger partial charge >= 0.3 is 0 Å². The Labute approximate surface area is 170 Å². The third kappa shape index (κ3) is 4.62. The summed E-state index contributed by atoms with van der Waals surface area (Å²) in [6, 6.07) is 10.3. The number of carbonyl (C=O) groups excluding carboxylic acids is 1. The number of piperazine rings is 1. The van der Waals surface area contributed by atoms with Crippen molar-refractivity contribution in [3.63, 3.8) is 0 Å². The van der Waals surface area contributed by atoms with Gasteiger partial charge in [-0.3, -0.25) is 4.79 Å². The Morgan fingerprint density at radius 1 is 1.10 bits per heavy atom. The lowest BCUT2D eigenvalue weighted by molar-refractivity contribution is -0.132. The third-order valence-corrected chi connectivity index (χ3v) is 5.48. The van der Waals surface area contributed by atoms with Crippen LogP contribution in [0.15, 0.2) is 42.6 Å². The van der Waals surface area contributed by atoms with Crippen molar-refractivity contribution >= 4 is 17.1 Å². The fraction of sp³-hybridized carbons (Fsp3) is 0.409. The highest BCUT2D eigenvalue weighted by Crippen LogP contribution is 2.18. The summed E-state index contributed by atoms with van der Waals surface area (Å²) >= 11 is 0. The van der Waals surface area contributed by atoms with Crippen LogP contribution in [0.4, 0.5) is 4.39 Å². The number of halogens is 1. The lowest BCUT2D eigenvalue weighted by atomic mass is 10.2. The molecule has 2 aromatic heterocycles. The predicted octanol–water partition coefficient (Wildman–Crippen LogP) is 2.72. The Bertz CT molecular complexity index is 977. The zero-order valence-corrected chi connectivity index (χ0v) is 16.7. The summed E-state index contributed by atoms with van der Waals surface area (Å²) in [5, 5.41) is 0. The topological polar surface area (TPSA) is 54.3 Å². The lowest BCUT2D eigenvalue weighted by Gasteiger charge is -2.32. The number of fused-ring (bicyclic) bond motifs is 1. The number of aryl methyl sites for hydroxylation is 1. The van der Waals surface area contributed by atoms with Crippen LogP contribution in [0.3, 0.4) is 0 Å². The maximum absolute atomic E-state index is 13.2. The first-order valence-electron chi connectivity index (χ1n) is 10.1. The van der Waals surface area contributed by atoms with E-state index in [1.54, 1.807) is 18.3 Å². The normalized spacial score (nSPS) is 15.2. The number of hydrogen-bond donors (Lipinski definition) is 0. The summed E-state index contributed by atoms with van der Waals surface area (Å²) in [6.45, 7) is 4.07. The van der Waals surface area contributed by atoms with Gasteiger partial charge < -0.3 is 14.4 Å². The molecule has 1 aliphatic rings. The van der Waals surface area contributed by atoms with E-state index < -0.39 is 0 Å². The number of rotatable bonds is 6. The van der Waals surface area contributed by atoms with Crippen LogP contribution in [-0.4, -0.2) is 63.5 Å². The molecule has 1 amide bonds. The van der Waals surface area contributed by atoms with E-state index in [-0.39, 0.29) is 11.7 Å². The van der Waals surface area contributed by atoms with E-state index >= 15 is 0 Å². The van der Waals surface area contributed by atoms with Gasteiger partial charge in [0.25, 0.3) is 0 Å². The average Bonchev–Trinajstić information content (AvgIpc) is 3.07. The van der Waals surface area contributed by atoms with Gasteiger partial charge in [-0.25, -0.2) is 14.4 Å². The van der Waals surface area contributed by atoms with E-state index in [9.17, 15) is 9.18 Å². The van der Waals surface area contributed by atoms with Crippen molar-refractivity contribution < 1.29 is 9.18 Å². The molecule has 29 heavy (non-hydrogen) atoms. The van der Waals surface area contributed by atoms with Crippen molar-refractivity contribution in [2.24, 2.45) is 0 Å². The summed E-state index contributed by atoms with van der Waals surface area (Å²) in [4.78, 5) is 25.9. The highest BCUT2D eigenvalue weighted by molar-refractivity contribution is 5.76. The second-order valence-corrected chi connectivity index (χ2v) is 7.62. The Morgan fingerprint density at radius 2 is 1.86 bits per heavy atom. The van der Waals surface area contributed by atoms with Gasteiger partial charge in [-0.2, -0.15) is 0 Å². The quantitative estimate of drug-likeness (QED) is 0.644. The van der Waals surface area contributed by atoms with Gasteiger partial charge in [-0.15, -0.1) is 0 Å². The number of likely N-dealkylation sites (N-methyl/N-ethyl adjacent to an activating group) is 1. The average molecular weight is 395 g/mol. The molecule has 0 unspecified atom stereocenters. The number of carbonyl (C=O) groups is 1. The molecule has 0 radical (unpaired) electrons. The fourth-order valence-corrected chi connectivity index (χ4v) is 3.75. The van der Waals surface area contributed by atoms with Crippen LogP contribution in [0.25, 0.3) is 11.2 Å². The second kappa shape index (κ2) is 8.69. The molecule has 152 valence electrons. The van der Waals surface area contributed by atoms with Crippen LogP contribution in [0.5, 0.6) is 0 Å². The molecular weight excluding hydrogens is 369 g/mol. The molecule has 1 fully saturated rings. The first-order valence-corrected chi connectivity index (χ1v) is 10.1. The summed E-state index contributed by atoms with van der Waals surface area (Å²) < 4.78 is 15.3. The molecule has 3 heterocycles. The van der Waals surface area contributed by atoms with E-state index in [2.05, 4.69) is 21.5 Å². The van der Waals surface area contributed by atoms with Gasteiger partial charge in [0.2, 0.25) is 5.91 Å². The van der Waals surface area contributed by atoms with Crippen molar-refractivity contribution in [1.29, 1.82) is 0 Å². The summed E-state index contributed by atoms with van der Waals surface area (Å²) in [6.07, 6.45) is 3.73. The van der Waals surface area contributed by atoms with Gasteiger partial charge in [0.15, 0.2) is 5.65 Å². The molecule has 0 N–H and O–H groups in total. The number of hydrogen-bond acceptors (Lipinski definition) is 4. The molecular formula is C22H26FN5O. The van der Waals surface area contributed by atoms with Gasteiger partial charge in [0.1, 0.15) is 17.2 Å². The zero-order chi connectivity index (χ0) is 20.2. The van der Waals surface area contributed by atoms with E-state index in [1.165, 1.54) is 12.1 Å². The lowest BCUT2D eigenvalue weighted by Crippen LogP contribution is -2.47. The van der Waals surface area contributed by atoms with E-state index in [4.69, 9.17) is 4.98 Å². The highest BCUT2D eigenvalue weighted by atomic mass is 19.1. The Morgan fingerprint density at radius 3 is 2.62 bits per heavy atom. The number of aromatic nitrogens is 3. The third-order valence-electron chi connectivity index (χ3n) is 5.48. The molecule has 0 bridgehead atoms. The van der Waals surface area contributed by atoms with Gasteiger partial charge in [0, 0.05) is 45.2 Å². The second-order valence-electron chi connectivity index (χ2n) is 7.62.